The maximum Gasteiger partial charge on any atom is 0.413 e. The molecule has 1 aliphatic rings. The summed E-state index contributed by atoms with van der Waals surface area (Å²) >= 11 is 3.81. The molecule has 0 spiro atoms. The van der Waals surface area contributed by atoms with E-state index < -0.39 is 11.7 Å². The number of amides is 1. The van der Waals surface area contributed by atoms with Crippen LogP contribution >= 0.6 is 33.9 Å². The lowest BCUT2D eigenvalue weighted by atomic mass is 9.97. The van der Waals surface area contributed by atoms with Gasteiger partial charge in [-0.15, -0.1) is 11.3 Å². The van der Waals surface area contributed by atoms with Gasteiger partial charge in [0.1, 0.15) is 17.7 Å². The highest BCUT2D eigenvalue weighted by Crippen LogP contribution is 2.32. The molecule has 0 saturated carbocycles. The van der Waals surface area contributed by atoms with Gasteiger partial charge in [-0.1, -0.05) is 0 Å². The number of hydrogen-bond acceptors (Lipinski definition) is 7. The Balaban J connectivity index is 1.46. The van der Waals surface area contributed by atoms with Gasteiger partial charge in [0.05, 0.1) is 11.2 Å². The minimum Gasteiger partial charge on any atom is -0.444 e. The highest BCUT2D eigenvalue weighted by Gasteiger charge is 2.25. The summed E-state index contributed by atoms with van der Waals surface area (Å²) in [6, 6.07) is 6.42. The zero-order chi connectivity index (χ0) is 20.6. The van der Waals surface area contributed by atoms with Crippen LogP contribution in [0.5, 0.6) is 0 Å². The number of thiazole rings is 1. The second-order valence-electron chi connectivity index (χ2n) is 7.98. The van der Waals surface area contributed by atoms with Gasteiger partial charge in [0.15, 0.2) is 5.13 Å². The molecule has 0 saturated heterocycles. The first kappa shape index (κ1) is 20.3. The summed E-state index contributed by atoms with van der Waals surface area (Å²) in [6.07, 6.45) is 3.79. The lowest BCUT2D eigenvalue weighted by molar-refractivity contribution is 0.0636. The Bertz CT molecular complexity index is 1060. The van der Waals surface area contributed by atoms with Crippen molar-refractivity contribution in [2.45, 2.75) is 51.7 Å². The zero-order valence-corrected chi connectivity index (χ0v) is 19.4. The van der Waals surface area contributed by atoms with E-state index in [1.807, 2.05) is 32.9 Å². The van der Waals surface area contributed by atoms with Gasteiger partial charge < -0.3 is 10.1 Å². The lowest BCUT2D eigenvalue weighted by Gasteiger charge is -2.23. The second-order valence-corrected chi connectivity index (χ2v) is 10.3. The third-order valence-corrected chi connectivity index (χ3v) is 6.19. The van der Waals surface area contributed by atoms with Crippen LogP contribution in [0.15, 0.2) is 24.5 Å². The predicted molar refractivity (Wildman–Crippen MR) is 124 cm³/mol. The summed E-state index contributed by atoms with van der Waals surface area (Å²) in [7, 11) is 0. The van der Waals surface area contributed by atoms with E-state index in [0.717, 1.165) is 45.2 Å². The number of aromatic nitrogens is 3. The Morgan fingerprint density at radius 2 is 2.14 bits per heavy atom. The van der Waals surface area contributed by atoms with Crippen LogP contribution in [0.2, 0.25) is 0 Å². The number of halogens is 1. The Kier molecular flexibility index (Phi) is 5.60. The Labute approximate surface area is 186 Å². The largest absolute Gasteiger partial charge is 0.444 e. The van der Waals surface area contributed by atoms with Gasteiger partial charge in [0.25, 0.3) is 0 Å². The van der Waals surface area contributed by atoms with Crippen molar-refractivity contribution >= 4 is 61.9 Å². The molecular weight excluding hydrogens is 501 g/mol. The van der Waals surface area contributed by atoms with E-state index in [4.69, 9.17) is 4.74 Å². The summed E-state index contributed by atoms with van der Waals surface area (Å²) < 4.78 is 6.47. The van der Waals surface area contributed by atoms with E-state index >= 15 is 0 Å². The van der Waals surface area contributed by atoms with Crippen molar-refractivity contribution in [2.75, 3.05) is 10.6 Å². The molecule has 1 aliphatic carbocycles. The third-order valence-electron chi connectivity index (χ3n) is 4.49. The van der Waals surface area contributed by atoms with Gasteiger partial charge in [-0.25, -0.2) is 19.7 Å². The monoisotopic (exact) mass is 523 g/mol. The predicted octanol–water partition coefficient (Wildman–Crippen LogP) is 5.01. The molecule has 7 nitrogen and oxygen atoms in total. The molecule has 0 bridgehead atoms. The fourth-order valence-electron chi connectivity index (χ4n) is 3.28. The number of ether oxygens (including phenoxy) is 1. The number of aryl methyl sites for hydroxylation is 1. The third kappa shape index (κ3) is 4.95. The van der Waals surface area contributed by atoms with Gasteiger partial charge in [-0.2, -0.15) is 0 Å². The maximum atomic E-state index is 12.0. The quantitative estimate of drug-likeness (QED) is 0.470. The minimum absolute atomic E-state index is 0.258. The number of carbonyl (C=O) groups is 1. The molecule has 152 valence electrons. The highest BCUT2D eigenvalue weighted by atomic mass is 127. The first-order valence-electron chi connectivity index (χ1n) is 9.42. The average molecular weight is 523 g/mol. The van der Waals surface area contributed by atoms with Crippen LogP contribution < -0.4 is 10.6 Å². The number of anilines is 2. The molecule has 2 aromatic heterocycles. The Morgan fingerprint density at radius 3 is 2.93 bits per heavy atom. The smallest absolute Gasteiger partial charge is 0.413 e. The van der Waals surface area contributed by atoms with Crippen molar-refractivity contribution in [3.63, 3.8) is 0 Å². The first-order valence-corrected chi connectivity index (χ1v) is 11.3. The number of carbonyl (C=O) groups excluding carboxylic acids is 1. The fraction of sp³-hybridized carbons (Fsp3) is 0.400. The van der Waals surface area contributed by atoms with Crippen molar-refractivity contribution in [3.8, 4) is 0 Å². The minimum atomic E-state index is -0.534. The number of nitrogens with zero attached hydrogens (tertiary/aromatic N) is 3. The molecule has 0 radical (unpaired) electrons. The number of nitrogens with one attached hydrogen (secondary N) is 2. The molecule has 0 fully saturated rings. The van der Waals surface area contributed by atoms with Gasteiger partial charge in [0, 0.05) is 26.3 Å². The Hall–Kier alpha value is -2.01. The van der Waals surface area contributed by atoms with Crippen LogP contribution in [0, 0.1) is 3.57 Å². The molecule has 3 aromatic rings. The van der Waals surface area contributed by atoms with E-state index in [-0.39, 0.29) is 6.04 Å². The Morgan fingerprint density at radius 1 is 1.31 bits per heavy atom. The number of hydrogen-bond donors (Lipinski definition) is 2. The van der Waals surface area contributed by atoms with E-state index in [2.05, 4.69) is 54.2 Å². The molecule has 1 atom stereocenters. The van der Waals surface area contributed by atoms with Gasteiger partial charge in [0.2, 0.25) is 0 Å². The van der Waals surface area contributed by atoms with Crippen LogP contribution in [-0.4, -0.2) is 32.7 Å². The number of fused-ring (bicyclic) bond motifs is 2. The zero-order valence-electron chi connectivity index (χ0n) is 16.5. The maximum absolute atomic E-state index is 12.0. The summed E-state index contributed by atoms with van der Waals surface area (Å²) in [5.74, 6) is 0.860. The van der Waals surface area contributed by atoms with E-state index in [1.54, 1.807) is 6.33 Å². The lowest BCUT2D eigenvalue weighted by Crippen LogP contribution is -2.27. The molecule has 4 rings (SSSR count). The molecule has 0 aliphatic heterocycles. The first-order chi connectivity index (χ1) is 13.8. The van der Waals surface area contributed by atoms with Crippen molar-refractivity contribution in [2.24, 2.45) is 0 Å². The topological polar surface area (TPSA) is 89.0 Å². The van der Waals surface area contributed by atoms with E-state index in [1.165, 1.54) is 16.2 Å². The van der Waals surface area contributed by atoms with Crippen molar-refractivity contribution < 1.29 is 9.53 Å². The molecule has 2 N–H and O–H groups in total. The summed E-state index contributed by atoms with van der Waals surface area (Å²) in [5.41, 5.74) is 1.45. The van der Waals surface area contributed by atoms with Gasteiger partial charge >= 0.3 is 6.09 Å². The summed E-state index contributed by atoms with van der Waals surface area (Å²) in [4.78, 5) is 26.6. The molecule has 2 heterocycles. The normalized spacial score (nSPS) is 16.3. The van der Waals surface area contributed by atoms with Crippen LogP contribution in [0.4, 0.5) is 15.7 Å². The van der Waals surface area contributed by atoms with Crippen LogP contribution in [0.3, 0.4) is 0 Å². The van der Waals surface area contributed by atoms with Crippen molar-refractivity contribution in [1.82, 2.24) is 15.0 Å². The standard InChI is InChI=1S/C20H22IN5O2S/c1-20(2,3)28-19(27)26-18-25-15-7-5-12(9-16(15)29-18)24-17-13-8-11(21)4-6-14(13)22-10-23-17/h4,6,8,10,12H,5,7,9H2,1-3H3,(H,22,23,24)(H,25,26,27). The average Bonchev–Trinajstić information content (AvgIpc) is 3.02. The van der Waals surface area contributed by atoms with Crippen molar-refractivity contribution in [1.29, 1.82) is 0 Å². The second kappa shape index (κ2) is 8.02. The van der Waals surface area contributed by atoms with Gasteiger partial charge in [-0.05, 0) is 74.4 Å². The molecule has 1 amide bonds. The summed E-state index contributed by atoms with van der Waals surface area (Å²) in [5, 5.41) is 7.96. The molecule has 9 heteroatoms. The summed E-state index contributed by atoms with van der Waals surface area (Å²) in [6.45, 7) is 5.52. The SMILES string of the molecule is CC(C)(C)OC(=O)Nc1nc2c(s1)CC(Nc1ncnc3ccc(I)cc13)CC2. The van der Waals surface area contributed by atoms with Gasteiger partial charge in [-0.3, -0.25) is 5.32 Å². The molecule has 1 aromatic carbocycles. The van der Waals surface area contributed by atoms with Crippen molar-refractivity contribution in [3.05, 3.63) is 38.7 Å². The highest BCUT2D eigenvalue weighted by molar-refractivity contribution is 14.1. The number of benzene rings is 1. The molecule has 29 heavy (non-hydrogen) atoms. The fourth-order valence-corrected chi connectivity index (χ4v) is 4.84. The molecular formula is C20H22IN5O2S. The van der Waals surface area contributed by atoms with Crippen LogP contribution in [-0.2, 0) is 17.6 Å². The van der Waals surface area contributed by atoms with Crippen LogP contribution in [0.1, 0.15) is 37.8 Å². The molecule has 1 unspecified atom stereocenters. The number of rotatable bonds is 3. The van der Waals surface area contributed by atoms with E-state index in [0.29, 0.717) is 5.13 Å². The van der Waals surface area contributed by atoms with E-state index in [9.17, 15) is 4.79 Å². The van der Waals surface area contributed by atoms with Crippen LogP contribution in [0.25, 0.3) is 10.9 Å².